The molecule has 2 aliphatic rings. The Bertz CT molecular complexity index is 1230. The number of aliphatic imine (C=N–C) groups is 1. The van der Waals surface area contributed by atoms with Crippen molar-refractivity contribution in [1.29, 1.82) is 0 Å². The van der Waals surface area contributed by atoms with Gasteiger partial charge in [-0.1, -0.05) is 55.9 Å². The average molecular weight is 492 g/mol. The first-order valence-electron chi connectivity index (χ1n) is 11.4. The molecule has 0 bridgehead atoms. The van der Waals surface area contributed by atoms with E-state index in [-0.39, 0.29) is 12.3 Å². The number of nitrogens with zero attached hydrogens (tertiary/aromatic N) is 2. The van der Waals surface area contributed by atoms with E-state index in [9.17, 15) is 9.59 Å². The number of methoxy groups -OCH3 is 2. The highest BCUT2D eigenvalue weighted by Gasteiger charge is 2.41. The number of benzene rings is 2. The Kier molecular flexibility index (Phi) is 7.31. The van der Waals surface area contributed by atoms with Crippen molar-refractivity contribution in [3.05, 3.63) is 82.0 Å². The molecule has 4 rings (SSSR count). The van der Waals surface area contributed by atoms with Crippen LogP contribution in [0, 0.1) is 0 Å². The molecule has 7 nitrogen and oxygen atoms in total. The monoisotopic (exact) mass is 491 g/mol. The fourth-order valence-electron chi connectivity index (χ4n) is 4.19. The molecule has 0 unspecified atom stereocenters. The maximum absolute atomic E-state index is 13.0. The van der Waals surface area contributed by atoms with Crippen molar-refractivity contribution in [3.8, 4) is 5.75 Å². The first kappa shape index (κ1) is 24.6. The average Bonchev–Trinajstić information content (AvgIpc) is 3.24. The summed E-state index contributed by atoms with van der Waals surface area (Å²) in [5, 5.41) is 5.59. The van der Waals surface area contributed by atoms with E-state index < -0.39 is 12.0 Å². The summed E-state index contributed by atoms with van der Waals surface area (Å²) in [6, 6.07) is 15.0. The van der Waals surface area contributed by atoms with E-state index in [1.807, 2.05) is 47.6 Å². The number of allylic oxidation sites excluding steroid dienone is 1. The van der Waals surface area contributed by atoms with Crippen molar-refractivity contribution in [2.45, 2.75) is 39.2 Å². The number of fused-ring (bicyclic) bond motifs is 1. The zero-order chi connectivity index (χ0) is 25.1. The number of amidine groups is 1. The van der Waals surface area contributed by atoms with Crippen molar-refractivity contribution < 1.29 is 19.1 Å². The van der Waals surface area contributed by atoms with Gasteiger partial charge in [0.25, 0.3) is 0 Å². The highest BCUT2D eigenvalue weighted by atomic mass is 32.2. The maximum Gasteiger partial charge on any atom is 0.338 e. The van der Waals surface area contributed by atoms with E-state index in [0.29, 0.717) is 28.6 Å². The normalized spacial score (nSPS) is 17.1. The first-order chi connectivity index (χ1) is 16.8. The minimum absolute atomic E-state index is 0.122. The lowest BCUT2D eigenvalue weighted by atomic mass is 9.92. The molecule has 1 N–H and O–H groups in total. The smallest absolute Gasteiger partial charge is 0.338 e. The topological polar surface area (TPSA) is 80.2 Å². The van der Waals surface area contributed by atoms with E-state index in [0.717, 1.165) is 16.4 Å². The van der Waals surface area contributed by atoms with Crippen LogP contribution in [-0.2, 0) is 14.3 Å². The van der Waals surface area contributed by atoms with E-state index in [2.05, 4.69) is 36.3 Å². The molecule has 0 spiro atoms. The lowest BCUT2D eigenvalue weighted by Crippen LogP contribution is -2.37. The molecule has 0 aliphatic carbocycles. The molecular formula is C27H29N3O4S. The third kappa shape index (κ3) is 5.12. The lowest BCUT2D eigenvalue weighted by molar-refractivity contribution is -0.136. The molecule has 2 aromatic carbocycles. The molecule has 182 valence electrons. The molecule has 35 heavy (non-hydrogen) atoms. The standard InChI is InChI=1S/C27H29N3O4S/c1-16(2)18-9-11-19(12-10-18)25-24(26(32)34-5)17(3)28-27-30(25)21(15-35-27)14-23(31)29-20-7-6-8-22(13-20)33-4/h6-13,15-16,25H,14H2,1-5H3,(H,29,31)/t25-/m1/s1. The highest BCUT2D eigenvalue weighted by Crippen LogP contribution is 2.45. The molecule has 0 saturated carbocycles. The predicted molar refractivity (Wildman–Crippen MR) is 139 cm³/mol. The molecule has 2 aliphatic heterocycles. The van der Waals surface area contributed by atoms with Crippen LogP contribution < -0.4 is 10.1 Å². The van der Waals surface area contributed by atoms with Crippen LogP contribution in [0.15, 0.2) is 75.9 Å². The lowest BCUT2D eigenvalue weighted by Gasteiger charge is -2.36. The summed E-state index contributed by atoms with van der Waals surface area (Å²) in [6.45, 7) is 6.10. The van der Waals surface area contributed by atoms with E-state index >= 15 is 0 Å². The largest absolute Gasteiger partial charge is 0.497 e. The number of carbonyl (C=O) groups is 2. The van der Waals surface area contributed by atoms with Gasteiger partial charge in [0.2, 0.25) is 5.91 Å². The predicted octanol–water partition coefficient (Wildman–Crippen LogP) is 5.60. The highest BCUT2D eigenvalue weighted by molar-refractivity contribution is 8.16. The molecule has 8 heteroatoms. The summed E-state index contributed by atoms with van der Waals surface area (Å²) in [5.41, 5.74) is 4.64. The fraction of sp³-hybridized carbons (Fsp3) is 0.296. The Balaban J connectivity index is 1.65. The van der Waals surface area contributed by atoms with Gasteiger partial charge in [-0.15, -0.1) is 0 Å². The van der Waals surface area contributed by atoms with Crippen LogP contribution in [0.2, 0.25) is 0 Å². The molecule has 2 aromatic rings. The molecule has 0 fully saturated rings. The first-order valence-corrected chi connectivity index (χ1v) is 12.3. The number of anilines is 1. The SMILES string of the molecule is COC(=O)C1=C(C)N=C2SC=C(CC(=O)Nc3cccc(OC)c3)N2[C@@H]1c1ccc(C(C)C)cc1. The van der Waals surface area contributed by atoms with Crippen LogP contribution in [0.3, 0.4) is 0 Å². The molecule has 0 saturated heterocycles. The van der Waals surface area contributed by atoms with Crippen molar-refractivity contribution >= 4 is 34.5 Å². The maximum atomic E-state index is 13.0. The van der Waals surface area contributed by atoms with Gasteiger partial charge in [-0.2, -0.15) is 0 Å². The third-order valence-corrected chi connectivity index (χ3v) is 6.91. The van der Waals surface area contributed by atoms with Crippen LogP contribution in [0.25, 0.3) is 0 Å². The Hall–Kier alpha value is -3.52. The minimum atomic E-state index is -0.443. The van der Waals surface area contributed by atoms with Crippen LogP contribution in [0.1, 0.15) is 50.3 Å². The van der Waals surface area contributed by atoms with Gasteiger partial charge in [-0.05, 0) is 41.5 Å². The van der Waals surface area contributed by atoms with E-state index in [1.54, 1.807) is 13.2 Å². The molecule has 2 heterocycles. The van der Waals surface area contributed by atoms with E-state index in [4.69, 9.17) is 9.47 Å². The number of ether oxygens (including phenoxy) is 2. The Morgan fingerprint density at radius 1 is 1.14 bits per heavy atom. The van der Waals surface area contributed by atoms with E-state index in [1.165, 1.54) is 24.4 Å². The van der Waals surface area contributed by atoms with Crippen molar-refractivity contribution in [2.24, 2.45) is 4.99 Å². The summed E-state index contributed by atoms with van der Waals surface area (Å²) in [7, 11) is 2.96. The number of rotatable bonds is 7. The van der Waals surface area contributed by atoms with Crippen molar-refractivity contribution in [1.82, 2.24) is 4.90 Å². The van der Waals surface area contributed by atoms with Gasteiger partial charge in [-0.3, -0.25) is 4.79 Å². The Morgan fingerprint density at radius 2 is 1.89 bits per heavy atom. The van der Waals surface area contributed by atoms with Gasteiger partial charge in [0.15, 0.2) is 5.17 Å². The second kappa shape index (κ2) is 10.4. The number of thioether (sulfide) groups is 1. The number of esters is 1. The third-order valence-electron chi connectivity index (χ3n) is 6.02. The van der Waals surface area contributed by atoms with Gasteiger partial charge in [0, 0.05) is 17.5 Å². The zero-order valence-electron chi connectivity index (χ0n) is 20.5. The molecular weight excluding hydrogens is 462 g/mol. The summed E-state index contributed by atoms with van der Waals surface area (Å²) in [5.74, 6) is 0.451. The number of amides is 1. The summed E-state index contributed by atoms with van der Waals surface area (Å²) < 4.78 is 10.4. The van der Waals surface area contributed by atoms with Crippen LogP contribution >= 0.6 is 11.8 Å². The molecule has 1 atom stereocenters. The van der Waals surface area contributed by atoms with Gasteiger partial charge in [-0.25, -0.2) is 9.79 Å². The van der Waals surface area contributed by atoms with Crippen LogP contribution in [0.5, 0.6) is 5.75 Å². The summed E-state index contributed by atoms with van der Waals surface area (Å²) >= 11 is 1.45. The van der Waals surface area contributed by atoms with Gasteiger partial charge in [0.05, 0.1) is 38.0 Å². The minimum Gasteiger partial charge on any atom is -0.497 e. The number of hydrogen-bond acceptors (Lipinski definition) is 7. The van der Waals surface area contributed by atoms with Gasteiger partial charge >= 0.3 is 5.97 Å². The number of nitrogens with one attached hydrogen (secondary N) is 1. The Labute approximate surface area is 209 Å². The second-order valence-corrected chi connectivity index (χ2v) is 9.50. The molecule has 1 amide bonds. The number of carbonyl (C=O) groups excluding carboxylic acids is 2. The van der Waals surface area contributed by atoms with Gasteiger partial charge in [0.1, 0.15) is 5.75 Å². The zero-order valence-corrected chi connectivity index (χ0v) is 21.3. The second-order valence-electron chi connectivity index (χ2n) is 8.66. The van der Waals surface area contributed by atoms with Crippen molar-refractivity contribution in [3.63, 3.8) is 0 Å². The number of hydrogen-bond donors (Lipinski definition) is 1. The summed E-state index contributed by atoms with van der Waals surface area (Å²) in [4.78, 5) is 32.5. The fourth-order valence-corrected chi connectivity index (χ4v) is 5.15. The Morgan fingerprint density at radius 3 is 2.54 bits per heavy atom. The summed E-state index contributed by atoms with van der Waals surface area (Å²) in [6.07, 6.45) is 0.122. The quantitative estimate of drug-likeness (QED) is 0.508. The van der Waals surface area contributed by atoms with Crippen LogP contribution in [0.4, 0.5) is 5.69 Å². The van der Waals surface area contributed by atoms with Crippen molar-refractivity contribution in [2.75, 3.05) is 19.5 Å². The van der Waals surface area contributed by atoms with Crippen LogP contribution in [-0.4, -0.2) is 36.2 Å². The van der Waals surface area contributed by atoms with Gasteiger partial charge < -0.3 is 19.7 Å². The molecule has 0 radical (unpaired) electrons. The molecule has 0 aromatic heterocycles.